The Morgan fingerprint density at radius 2 is 1.53 bits per heavy atom. The van der Waals surface area contributed by atoms with Crippen LogP contribution in [0.2, 0.25) is 0 Å². The lowest BCUT2D eigenvalue weighted by molar-refractivity contribution is 0.185. The molecule has 0 saturated carbocycles. The van der Waals surface area contributed by atoms with E-state index in [-0.39, 0.29) is 12.6 Å². The number of nitrogens with zero attached hydrogens (tertiary/aromatic N) is 2. The fourth-order valence-corrected chi connectivity index (χ4v) is 3.91. The highest BCUT2D eigenvalue weighted by molar-refractivity contribution is 5.54. The number of aliphatic hydroxyl groups excluding tert-OH is 1. The zero-order valence-corrected chi connectivity index (χ0v) is 18.2. The number of ether oxygens (including phenoxy) is 1. The molecule has 0 unspecified atom stereocenters. The predicted molar refractivity (Wildman–Crippen MR) is 125 cm³/mol. The molecule has 0 aliphatic rings. The van der Waals surface area contributed by atoms with Gasteiger partial charge in [-0.15, -0.1) is 0 Å². The Labute approximate surface area is 188 Å². The first-order valence-electron chi connectivity index (χ1n) is 10.8. The SMILES string of the molecule is COc1ccc(-c2nc(CN(CCCO)C(c3ccccc3)c3ccccc3)co2)cc1. The normalized spacial score (nSPS) is 11.2. The van der Waals surface area contributed by atoms with Gasteiger partial charge in [0.1, 0.15) is 12.0 Å². The van der Waals surface area contributed by atoms with E-state index in [9.17, 15) is 5.11 Å². The molecule has 0 fully saturated rings. The first-order chi connectivity index (χ1) is 15.8. The number of hydrogen-bond donors (Lipinski definition) is 1. The summed E-state index contributed by atoms with van der Waals surface area (Å²) in [5.41, 5.74) is 4.17. The molecular weight excluding hydrogens is 400 g/mol. The fourth-order valence-electron chi connectivity index (χ4n) is 3.91. The standard InChI is InChI=1S/C27H28N2O3/c1-31-25-15-13-23(14-16-25)27-28-24(20-32-27)19-29(17-8-18-30)26(21-9-4-2-5-10-21)22-11-6-3-7-12-22/h2-7,9-16,20,26,30H,8,17-19H2,1H3. The van der Waals surface area contributed by atoms with Crippen LogP contribution in [0, 0.1) is 0 Å². The number of aliphatic hydroxyl groups is 1. The lowest BCUT2D eigenvalue weighted by atomic mass is 9.96. The summed E-state index contributed by atoms with van der Waals surface area (Å²) in [6, 6.07) is 28.6. The molecule has 0 aliphatic heterocycles. The van der Waals surface area contributed by atoms with Crippen LogP contribution >= 0.6 is 0 Å². The van der Waals surface area contributed by atoms with Crippen molar-refractivity contribution >= 4 is 0 Å². The van der Waals surface area contributed by atoms with Crippen molar-refractivity contribution in [3.8, 4) is 17.2 Å². The Morgan fingerprint density at radius 1 is 0.906 bits per heavy atom. The molecule has 4 aromatic rings. The van der Waals surface area contributed by atoms with Gasteiger partial charge in [-0.05, 0) is 41.8 Å². The number of methoxy groups -OCH3 is 1. The summed E-state index contributed by atoms with van der Waals surface area (Å²) in [6.45, 7) is 1.48. The van der Waals surface area contributed by atoms with Gasteiger partial charge in [0.15, 0.2) is 0 Å². The van der Waals surface area contributed by atoms with Crippen LogP contribution in [0.4, 0.5) is 0 Å². The second kappa shape index (κ2) is 10.8. The maximum Gasteiger partial charge on any atom is 0.226 e. The number of aromatic nitrogens is 1. The number of hydrogen-bond acceptors (Lipinski definition) is 5. The minimum Gasteiger partial charge on any atom is -0.497 e. The zero-order valence-electron chi connectivity index (χ0n) is 18.2. The van der Waals surface area contributed by atoms with E-state index >= 15 is 0 Å². The first-order valence-corrected chi connectivity index (χ1v) is 10.8. The molecule has 164 valence electrons. The topological polar surface area (TPSA) is 58.7 Å². The van der Waals surface area contributed by atoms with E-state index in [2.05, 4.69) is 53.4 Å². The monoisotopic (exact) mass is 428 g/mol. The van der Waals surface area contributed by atoms with Crippen LogP contribution in [0.25, 0.3) is 11.5 Å². The molecule has 1 aromatic heterocycles. The van der Waals surface area contributed by atoms with Gasteiger partial charge in [-0.25, -0.2) is 4.98 Å². The van der Waals surface area contributed by atoms with E-state index in [1.165, 1.54) is 11.1 Å². The highest BCUT2D eigenvalue weighted by Gasteiger charge is 2.23. The van der Waals surface area contributed by atoms with Crippen molar-refractivity contribution in [1.82, 2.24) is 9.88 Å². The van der Waals surface area contributed by atoms with Crippen LogP contribution in [0.15, 0.2) is 95.6 Å². The smallest absolute Gasteiger partial charge is 0.226 e. The molecule has 0 saturated heterocycles. The van der Waals surface area contributed by atoms with E-state index in [0.29, 0.717) is 18.9 Å². The molecule has 1 heterocycles. The maximum atomic E-state index is 9.53. The predicted octanol–water partition coefficient (Wildman–Crippen LogP) is 5.32. The summed E-state index contributed by atoms with van der Waals surface area (Å²) < 4.78 is 11.0. The number of oxazole rings is 1. The van der Waals surface area contributed by atoms with Crippen molar-refractivity contribution in [2.75, 3.05) is 20.3 Å². The molecule has 4 rings (SSSR count). The van der Waals surface area contributed by atoms with Crippen LogP contribution in [0.5, 0.6) is 5.75 Å². The molecule has 5 heteroatoms. The molecule has 0 atom stereocenters. The summed E-state index contributed by atoms with van der Waals surface area (Å²) in [6.07, 6.45) is 2.40. The fraction of sp³-hybridized carbons (Fsp3) is 0.222. The van der Waals surface area contributed by atoms with Gasteiger partial charge in [0.2, 0.25) is 5.89 Å². The average Bonchev–Trinajstić information content (AvgIpc) is 3.32. The van der Waals surface area contributed by atoms with E-state index in [1.807, 2.05) is 36.4 Å². The number of benzene rings is 3. The van der Waals surface area contributed by atoms with Gasteiger partial charge in [0.05, 0.1) is 18.8 Å². The average molecular weight is 429 g/mol. The van der Waals surface area contributed by atoms with Crippen LogP contribution in [-0.4, -0.2) is 35.3 Å². The molecular formula is C27H28N2O3. The van der Waals surface area contributed by atoms with Crippen molar-refractivity contribution in [2.45, 2.75) is 19.0 Å². The van der Waals surface area contributed by atoms with E-state index in [4.69, 9.17) is 14.1 Å². The summed E-state index contributed by atoms with van der Waals surface area (Å²) >= 11 is 0. The van der Waals surface area contributed by atoms with E-state index in [0.717, 1.165) is 23.6 Å². The van der Waals surface area contributed by atoms with E-state index in [1.54, 1.807) is 13.4 Å². The Balaban J connectivity index is 1.63. The minimum atomic E-state index is 0.0464. The maximum absolute atomic E-state index is 9.53. The van der Waals surface area contributed by atoms with Crippen molar-refractivity contribution in [3.63, 3.8) is 0 Å². The molecule has 5 nitrogen and oxygen atoms in total. The van der Waals surface area contributed by atoms with Crippen molar-refractivity contribution in [2.24, 2.45) is 0 Å². The molecule has 0 bridgehead atoms. The van der Waals surface area contributed by atoms with Crippen molar-refractivity contribution in [3.05, 3.63) is 108 Å². The van der Waals surface area contributed by atoms with Crippen LogP contribution in [0.3, 0.4) is 0 Å². The Morgan fingerprint density at radius 3 is 2.09 bits per heavy atom. The highest BCUT2D eigenvalue weighted by atomic mass is 16.5. The minimum absolute atomic E-state index is 0.0464. The third kappa shape index (κ3) is 5.25. The van der Waals surface area contributed by atoms with Crippen LogP contribution in [-0.2, 0) is 6.54 Å². The first kappa shape index (κ1) is 21.8. The lowest BCUT2D eigenvalue weighted by Gasteiger charge is -2.32. The molecule has 0 spiro atoms. The van der Waals surface area contributed by atoms with Crippen LogP contribution < -0.4 is 4.74 Å². The Kier molecular flexibility index (Phi) is 7.33. The third-order valence-corrected chi connectivity index (χ3v) is 5.45. The van der Waals surface area contributed by atoms with Gasteiger partial charge in [0.25, 0.3) is 0 Å². The van der Waals surface area contributed by atoms with Crippen molar-refractivity contribution in [1.29, 1.82) is 0 Å². The summed E-state index contributed by atoms with van der Waals surface area (Å²) in [5.74, 6) is 1.38. The van der Waals surface area contributed by atoms with Gasteiger partial charge in [-0.3, -0.25) is 4.90 Å². The summed E-state index contributed by atoms with van der Waals surface area (Å²) in [4.78, 5) is 7.09. The lowest BCUT2D eigenvalue weighted by Crippen LogP contribution is -2.31. The van der Waals surface area contributed by atoms with Gasteiger partial charge >= 0.3 is 0 Å². The Bertz CT molecular complexity index is 1040. The van der Waals surface area contributed by atoms with Gasteiger partial charge < -0.3 is 14.3 Å². The second-order valence-corrected chi connectivity index (χ2v) is 7.64. The van der Waals surface area contributed by atoms with Crippen molar-refractivity contribution < 1.29 is 14.3 Å². The molecule has 0 aliphatic carbocycles. The molecule has 32 heavy (non-hydrogen) atoms. The van der Waals surface area contributed by atoms with Gasteiger partial charge in [-0.2, -0.15) is 0 Å². The largest absolute Gasteiger partial charge is 0.497 e. The second-order valence-electron chi connectivity index (χ2n) is 7.64. The zero-order chi connectivity index (χ0) is 22.2. The molecule has 0 radical (unpaired) electrons. The highest BCUT2D eigenvalue weighted by Crippen LogP contribution is 2.31. The summed E-state index contributed by atoms with van der Waals surface area (Å²) in [5, 5.41) is 9.53. The third-order valence-electron chi connectivity index (χ3n) is 5.45. The molecule has 1 N–H and O–H groups in total. The quantitative estimate of drug-likeness (QED) is 0.370. The Hall–Kier alpha value is -3.41. The van der Waals surface area contributed by atoms with Gasteiger partial charge in [-0.1, -0.05) is 60.7 Å². The van der Waals surface area contributed by atoms with Crippen LogP contribution in [0.1, 0.15) is 29.3 Å². The van der Waals surface area contributed by atoms with Gasteiger partial charge in [0, 0.05) is 25.3 Å². The number of rotatable bonds is 10. The summed E-state index contributed by atoms with van der Waals surface area (Å²) in [7, 11) is 1.65. The molecule has 3 aromatic carbocycles. The molecule has 0 amide bonds. The van der Waals surface area contributed by atoms with E-state index < -0.39 is 0 Å².